The molecule has 0 bridgehead atoms. The van der Waals surface area contributed by atoms with Gasteiger partial charge in [0, 0.05) is 20.2 Å². The zero-order valence-electron chi connectivity index (χ0n) is 15.1. The molecule has 2 aromatic heterocycles. The Hall–Kier alpha value is -2.68. The third-order valence-corrected chi connectivity index (χ3v) is 4.77. The van der Waals surface area contributed by atoms with Crippen LogP contribution in [0.15, 0.2) is 39.5 Å². The summed E-state index contributed by atoms with van der Waals surface area (Å²) in [6, 6.07) is 5.80. The second-order valence-corrected chi connectivity index (χ2v) is 6.89. The monoisotopic (exact) mass is 436 g/mol. The number of amides is 1. The summed E-state index contributed by atoms with van der Waals surface area (Å²) in [6.45, 7) is 2.08. The number of ether oxygens (including phenoxy) is 1. The van der Waals surface area contributed by atoms with Crippen LogP contribution in [0.25, 0.3) is 0 Å². The lowest BCUT2D eigenvalue weighted by Gasteiger charge is -2.17. The van der Waals surface area contributed by atoms with Crippen LogP contribution in [0.5, 0.6) is 5.75 Å². The molecular formula is C18H18BrFN4O3. The van der Waals surface area contributed by atoms with Crippen molar-refractivity contribution in [2.45, 2.75) is 20.1 Å². The molecule has 7 nitrogen and oxygen atoms in total. The summed E-state index contributed by atoms with van der Waals surface area (Å²) in [5.74, 6) is 0.135. The van der Waals surface area contributed by atoms with Crippen LogP contribution in [0.3, 0.4) is 0 Å². The number of hydrogen-bond donors (Lipinski definition) is 0. The van der Waals surface area contributed by atoms with Gasteiger partial charge in [-0.15, -0.1) is 0 Å². The number of nitrogens with zero attached hydrogens (tertiary/aromatic N) is 4. The molecule has 0 unspecified atom stereocenters. The summed E-state index contributed by atoms with van der Waals surface area (Å²) >= 11 is 3.42. The van der Waals surface area contributed by atoms with Gasteiger partial charge in [-0.1, -0.05) is 11.2 Å². The highest BCUT2D eigenvalue weighted by atomic mass is 79.9. The third-order valence-electron chi connectivity index (χ3n) is 4.11. The summed E-state index contributed by atoms with van der Waals surface area (Å²) in [4.78, 5) is 14.4. The zero-order chi connectivity index (χ0) is 19.6. The van der Waals surface area contributed by atoms with Crippen LogP contribution in [0.4, 0.5) is 4.39 Å². The second-order valence-electron chi connectivity index (χ2n) is 6.04. The van der Waals surface area contributed by atoms with Crippen molar-refractivity contribution >= 4 is 21.8 Å². The molecule has 0 fully saturated rings. The number of aryl methyl sites for hydroxylation is 2. The predicted molar refractivity (Wildman–Crippen MR) is 98.7 cm³/mol. The molecule has 0 N–H and O–H groups in total. The van der Waals surface area contributed by atoms with Crippen LogP contribution in [-0.2, 0) is 20.2 Å². The van der Waals surface area contributed by atoms with Crippen molar-refractivity contribution in [3.05, 3.63) is 63.5 Å². The molecule has 1 aromatic carbocycles. The third kappa shape index (κ3) is 4.19. The molecule has 0 saturated carbocycles. The fourth-order valence-corrected chi connectivity index (χ4v) is 3.01. The number of benzene rings is 1. The average molecular weight is 437 g/mol. The fraction of sp³-hybridized carbons (Fsp3) is 0.278. The van der Waals surface area contributed by atoms with Gasteiger partial charge in [0.1, 0.15) is 23.9 Å². The van der Waals surface area contributed by atoms with Gasteiger partial charge < -0.3 is 14.2 Å². The minimum Gasteiger partial charge on any atom is -0.489 e. The van der Waals surface area contributed by atoms with E-state index in [1.54, 1.807) is 44.0 Å². The SMILES string of the molecule is Cc1onc(C(=O)N(C)Cc2c(Br)cnn2C)c1COc1cccc(F)c1. The first-order chi connectivity index (χ1) is 12.9. The van der Waals surface area contributed by atoms with E-state index in [4.69, 9.17) is 9.26 Å². The summed E-state index contributed by atoms with van der Waals surface area (Å²) in [7, 11) is 3.47. The van der Waals surface area contributed by atoms with Gasteiger partial charge in [0.15, 0.2) is 5.69 Å². The maximum absolute atomic E-state index is 13.3. The molecule has 1 amide bonds. The first kappa shape index (κ1) is 19.1. The Balaban J connectivity index is 1.75. The average Bonchev–Trinajstić information content (AvgIpc) is 3.16. The summed E-state index contributed by atoms with van der Waals surface area (Å²) < 4.78 is 26.6. The molecule has 0 aliphatic rings. The Morgan fingerprint density at radius 2 is 2.22 bits per heavy atom. The lowest BCUT2D eigenvalue weighted by Crippen LogP contribution is -2.28. The molecule has 3 aromatic rings. The first-order valence-corrected chi connectivity index (χ1v) is 8.91. The Labute approximate surface area is 163 Å². The molecule has 0 atom stereocenters. The van der Waals surface area contributed by atoms with Crippen LogP contribution in [-0.4, -0.2) is 32.8 Å². The van der Waals surface area contributed by atoms with Gasteiger partial charge in [-0.05, 0) is 35.0 Å². The lowest BCUT2D eigenvalue weighted by molar-refractivity contribution is 0.0769. The van der Waals surface area contributed by atoms with E-state index < -0.39 is 5.82 Å². The number of hydrogen-bond acceptors (Lipinski definition) is 5. The number of carbonyl (C=O) groups is 1. The molecule has 0 saturated heterocycles. The fourth-order valence-electron chi connectivity index (χ4n) is 2.53. The smallest absolute Gasteiger partial charge is 0.276 e. The molecular weight excluding hydrogens is 419 g/mol. The van der Waals surface area contributed by atoms with E-state index in [1.807, 2.05) is 0 Å². The van der Waals surface area contributed by atoms with Crippen molar-refractivity contribution in [3.8, 4) is 5.75 Å². The highest BCUT2D eigenvalue weighted by Gasteiger charge is 2.24. The van der Waals surface area contributed by atoms with E-state index in [9.17, 15) is 9.18 Å². The Morgan fingerprint density at radius 1 is 1.44 bits per heavy atom. The normalized spacial score (nSPS) is 10.9. The van der Waals surface area contributed by atoms with Crippen molar-refractivity contribution in [2.24, 2.45) is 7.05 Å². The molecule has 2 heterocycles. The molecule has 0 aliphatic carbocycles. The van der Waals surface area contributed by atoms with E-state index in [0.29, 0.717) is 23.6 Å². The van der Waals surface area contributed by atoms with Crippen molar-refractivity contribution in [3.63, 3.8) is 0 Å². The summed E-state index contributed by atoms with van der Waals surface area (Å²) in [6.07, 6.45) is 1.67. The van der Waals surface area contributed by atoms with E-state index in [1.165, 1.54) is 17.0 Å². The molecule has 0 radical (unpaired) electrons. The van der Waals surface area contributed by atoms with Gasteiger partial charge in [0.25, 0.3) is 5.91 Å². The highest BCUT2D eigenvalue weighted by Crippen LogP contribution is 2.21. The highest BCUT2D eigenvalue weighted by molar-refractivity contribution is 9.10. The molecule has 0 spiro atoms. The molecule has 27 heavy (non-hydrogen) atoms. The number of halogens is 2. The van der Waals surface area contributed by atoms with Gasteiger partial charge in [0.2, 0.25) is 0 Å². The maximum Gasteiger partial charge on any atom is 0.276 e. The molecule has 142 valence electrons. The number of aromatic nitrogens is 3. The molecule has 9 heteroatoms. The Kier molecular flexibility index (Phi) is 5.59. The first-order valence-electron chi connectivity index (χ1n) is 8.12. The maximum atomic E-state index is 13.3. The summed E-state index contributed by atoms with van der Waals surface area (Å²) in [5.41, 5.74) is 1.55. The van der Waals surface area contributed by atoms with Crippen LogP contribution in [0.1, 0.15) is 27.5 Å². The minimum atomic E-state index is -0.396. The van der Waals surface area contributed by atoms with Crippen LogP contribution < -0.4 is 4.74 Å². The van der Waals surface area contributed by atoms with Gasteiger partial charge >= 0.3 is 0 Å². The second kappa shape index (κ2) is 7.91. The van der Waals surface area contributed by atoms with Crippen molar-refractivity contribution in [1.82, 2.24) is 19.8 Å². The van der Waals surface area contributed by atoms with Crippen LogP contribution in [0, 0.1) is 12.7 Å². The largest absolute Gasteiger partial charge is 0.489 e. The Bertz CT molecular complexity index is 950. The van der Waals surface area contributed by atoms with E-state index in [0.717, 1.165) is 10.2 Å². The number of carbonyl (C=O) groups excluding carboxylic acids is 1. The Morgan fingerprint density at radius 3 is 2.89 bits per heavy atom. The minimum absolute atomic E-state index is 0.0447. The van der Waals surface area contributed by atoms with Gasteiger partial charge in [-0.3, -0.25) is 9.48 Å². The van der Waals surface area contributed by atoms with Gasteiger partial charge in [0.05, 0.1) is 28.5 Å². The molecule has 3 rings (SSSR count). The van der Waals surface area contributed by atoms with E-state index >= 15 is 0 Å². The van der Waals surface area contributed by atoms with Crippen LogP contribution in [0.2, 0.25) is 0 Å². The number of rotatable bonds is 6. The van der Waals surface area contributed by atoms with E-state index in [2.05, 4.69) is 26.2 Å². The van der Waals surface area contributed by atoms with E-state index in [-0.39, 0.29) is 18.2 Å². The lowest BCUT2D eigenvalue weighted by atomic mass is 10.2. The summed E-state index contributed by atoms with van der Waals surface area (Å²) in [5, 5.41) is 8.03. The van der Waals surface area contributed by atoms with Crippen LogP contribution >= 0.6 is 15.9 Å². The van der Waals surface area contributed by atoms with Gasteiger partial charge in [-0.2, -0.15) is 5.10 Å². The standard InChI is InChI=1S/C18H18BrFN4O3/c1-11-14(10-26-13-6-4-5-12(20)7-13)17(22-27-11)18(25)23(2)9-16-15(19)8-21-24(16)3/h4-8H,9-10H2,1-3H3. The quantitative estimate of drug-likeness (QED) is 0.591. The van der Waals surface area contributed by atoms with Crippen molar-refractivity contribution < 1.29 is 18.4 Å². The molecule has 0 aliphatic heterocycles. The van der Waals surface area contributed by atoms with Gasteiger partial charge in [-0.25, -0.2) is 4.39 Å². The van der Waals surface area contributed by atoms with Crippen molar-refractivity contribution in [2.75, 3.05) is 7.05 Å². The predicted octanol–water partition coefficient (Wildman–Crippen LogP) is 3.47. The topological polar surface area (TPSA) is 73.4 Å². The zero-order valence-corrected chi connectivity index (χ0v) is 16.7. The van der Waals surface area contributed by atoms with Crippen molar-refractivity contribution in [1.29, 1.82) is 0 Å².